The maximum Gasteiger partial charge on any atom is 0.252 e. The Morgan fingerprint density at radius 3 is 2.67 bits per heavy atom. The Bertz CT molecular complexity index is 539. The summed E-state index contributed by atoms with van der Waals surface area (Å²) in [5.74, 6) is 2.46. The maximum atomic E-state index is 11.6. The zero-order valence-corrected chi connectivity index (χ0v) is 10.2. The van der Waals surface area contributed by atoms with E-state index in [4.69, 9.17) is 0 Å². The average Bonchev–Trinajstić information content (AvgIpc) is 3.17. The van der Waals surface area contributed by atoms with Gasteiger partial charge in [-0.25, -0.2) is 4.98 Å². The number of rotatable bonds is 3. The number of β-amino-alcohol motifs (C(OH)–C–C–N with tert-alkyl or cyclic N) is 1. The Morgan fingerprint density at radius 1 is 1.33 bits per heavy atom. The highest BCUT2D eigenvalue weighted by atomic mass is 16.3. The Morgan fingerprint density at radius 2 is 2.06 bits per heavy atom. The lowest BCUT2D eigenvalue weighted by Gasteiger charge is -2.47. The zero-order valence-electron chi connectivity index (χ0n) is 10.2. The molecule has 1 saturated heterocycles. The van der Waals surface area contributed by atoms with Gasteiger partial charge in [-0.1, -0.05) is 0 Å². The molecule has 2 N–H and O–H groups in total. The van der Waals surface area contributed by atoms with Gasteiger partial charge in [0.2, 0.25) is 0 Å². The van der Waals surface area contributed by atoms with Crippen LogP contribution in [0, 0.1) is 5.92 Å². The van der Waals surface area contributed by atoms with Crippen molar-refractivity contribution in [1.29, 1.82) is 0 Å². The Kier molecular flexibility index (Phi) is 1.96. The SMILES string of the molecule is O=c1cc(N2CC(O)(C3CC3)C2)nc(C2CC2)[nH]1. The molecule has 3 fully saturated rings. The summed E-state index contributed by atoms with van der Waals surface area (Å²) in [6.07, 6.45) is 4.53. The first kappa shape index (κ1) is 10.6. The van der Waals surface area contributed by atoms with Crippen LogP contribution in [0.2, 0.25) is 0 Å². The van der Waals surface area contributed by atoms with Crippen LogP contribution in [0.15, 0.2) is 10.9 Å². The molecular formula is C13H17N3O2. The molecule has 0 radical (unpaired) electrons. The number of aromatic nitrogens is 2. The predicted octanol–water partition coefficient (Wildman–Crippen LogP) is 0.608. The van der Waals surface area contributed by atoms with E-state index in [9.17, 15) is 9.90 Å². The lowest BCUT2D eigenvalue weighted by atomic mass is 9.89. The Hall–Kier alpha value is -1.36. The third-order valence-electron chi connectivity index (χ3n) is 4.30. The van der Waals surface area contributed by atoms with Gasteiger partial charge in [-0.15, -0.1) is 0 Å². The molecule has 0 aromatic carbocycles. The molecule has 2 saturated carbocycles. The van der Waals surface area contributed by atoms with Crippen molar-refractivity contribution in [1.82, 2.24) is 9.97 Å². The summed E-state index contributed by atoms with van der Waals surface area (Å²) in [5.41, 5.74) is -0.604. The first-order valence-corrected chi connectivity index (χ1v) is 6.73. The number of nitrogens with one attached hydrogen (secondary N) is 1. The third kappa shape index (κ3) is 1.65. The van der Waals surface area contributed by atoms with Crippen molar-refractivity contribution in [3.05, 3.63) is 22.2 Å². The molecule has 1 aliphatic heterocycles. The second-order valence-corrected chi connectivity index (χ2v) is 6.00. The smallest absolute Gasteiger partial charge is 0.252 e. The van der Waals surface area contributed by atoms with Crippen LogP contribution in [0.5, 0.6) is 0 Å². The van der Waals surface area contributed by atoms with Gasteiger partial charge in [0.1, 0.15) is 17.2 Å². The maximum absolute atomic E-state index is 11.6. The molecule has 4 rings (SSSR count). The average molecular weight is 247 g/mol. The summed E-state index contributed by atoms with van der Waals surface area (Å²) >= 11 is 0. The minimum absolute atomic E-state index is 0.0799. The lowest BCUT2D eigenvalue weighted by Crippen LogP contribution is -2.63. The van der Waals surface area contributed by atoms with Gasteiger partial charge in [-0.2, -0.15) is 0 Å². The molecule has 0 spiro atoms. The summed E-state index contributed by atoms with van der Waals surface area (Å²) in [4.78, 5) is 21.0. The van der Waals surface area contributed by atoms with Crippen LogP contribution in [0.25, 0.3) is 0 Å². The first-order chi connectivity index (χ1) is 8.64. The van der Waals surface area contributed by atoms with E-state index in [-0.39, 0.29) is 5.56 Å². The van der Waals surface area contributed by atoms with Crippen molar-refractivity contribution in [3.8, 4) is 0 Å². The lowest BCUT2D eigenvalue weighted by molar-refractivity contribution is -0.00978. The number of anilines is 1. The van der Waals surface area contributed by atoms with Crippen LogP contribution < -0.4 is 10.5 Å². The van der Waals surface area contributed by atoms with Gasteiger partial charge in [-0.3, -0.25) is 4.79 Å². The van der Waals surface area contributed by atoms with Crippen LogP contribution in [0.1, 0.15) is 37.4 Å². The van der Waals surface area contributed by atoms with Crippen molar-refractivity contribution in [2.45, 2.75) is 37.2 Å². The van der Waals surface area contributed by atoms with E-state index >= 15 is 0 Å². The van der Waals surface area contributed by atoms with E-state index in [2.05, 4.69) is 9.97 Å². The summed E-state index contributed by atoms with van der Waals surface area (Å²) in [7, 11) is 0. The summed E-state index contributed by atoms with van der Waals surface area (Å²) in [6.45, 7) is 1.25. The fraction of sp³-hybridized carbons (Fsp3) is 0.692. The summed E-state index contributed by atoms with van der Waals surface area (Å²) in [5, 5.41) is 10.3. The first-order valence-electron chi connectivity index (χ1n) is 6.73. The topological polar surface area (TPSA) is 69.2 Å². The van der Waals surface area contributed by atoms with Gasteiger partial charge in [0.05, 0.1) is 13.1 Å². The fourth-order valence-electron chi connectivity index (χ4n) is 2.83. The molecule has 0 bridgehead atoms. The number of aliphatic hydroxyl groups is 1. The molecule has 0 amide bonds. The minimum atomic E-state index is -0.524. The molecule has 0 unspecified atom stereocenters. The molecule has 1 aromatic heterocycles. The molecule has 2 aliphatic carbocycles. The van der Waals surface area contributed by atoms with E-state index in [0.717, 1.165) is 37.3 Å². The van der Waals surface area contributed by atoms with Crippen molar-refractivity contribution in [3.63, 3.8) is 0 Å². The number of aromatic amines is 1. The Labute approximate surface area is 105 Å². The standard InChI is InChI=1S/C13H17N3O2/c17-11-5-10(14-12(15-11)8-1-2-8)16-6-13(18,7-16)9-3-4-9/h5,8-9,18H,1-4,6-7H2,(H,14,15,17). The third-order valence-corrected chi connectivity index (χ3v) is 4.30. The summed E-state index contributed by atoms with van der Waals surface area (Å²) in [6, 6.07) is 1.54. The predicted molar refractivity (Wildman–Crippen MR) is 66.7 cm³/mol. The van der Waals surface area contributed by atoms with Crippen LogP contribution in [-0.2, 0) is 0 Å². The van der Waals surface area contributed by atoms with Gasteiger partial charge in [0.15, 0.2) is 0 Å². The van der Waals surface area contributed by atoms with Crippen molar-refractivity contribution < 1.29 is 5.11 Å². The van der Waals surface area contributed by atoms with Crippen molar-refractivity contribution in [2.24, 2.45) is 5.92 Å². The van der Waals surface area contributed by atoms with Gasteiger partial charge in [0, 0.05) is 12.0 Å². The Balaban J connectivity index is 1.56. The van der Waals surface area contributed by atoms with Crippen LogP contribution in [-0.4, -0.2) is 33.8 Å². The van der Waals surface area contributed by atoms with E-state index in [0.29, 0.717) is 24.9 Å². The van der Waals surface area contributed by atoms with Gasteiger partial charge in [0.25, 0.3) is 5.56 Å². The quantitative estimate of drug-likeness (QED) is 0.821. The van der Waals surface area contributed by atoms with E-state index in [1.165, 1.54) is 0 Å². The molecule has 18 heavy (non-hydrogen) atoms. The largest absolute Gasteiger partial charge is 0.386 e. The van der Waals surface area contributed by atoms with Gasteiger partial charge < -0.3 is 15.0 Å². The fourth-order valence-corrected chi connectivity index (χ4v) is 2.83. The van der Waals surface area contributed by atoms with E-state index < -0.39 is 5.60 Å². The van der Waals surface area contributed by atoms with Crippen LogP contribution in [0.3, 0.4) is 0 Å². The number of H-pyrrole nitrogens is 1. The molecule has 3 aliphatic rings. The normalized spacial score (nSPS) is 25.9. The molecule has 2 heterocycles. The molecule has 5 nitrogen and oxygen atoms in total. The highest BCUT2D eigenvalue weighted by molar-refractivity contribution is 5.44. The minimum Gasteiger partial charge on any atom is -0.386 e. The van der Waals surface area contributed by atoms with E-state index in [1.807, 2.05) is 4.90 Å². The molecular weight excluding hydrogens is 230 g/mol. The van der Waals surface area contributed by atoms with E-state index in [1.54, 1.807) is 6.07 Å². The van der Waals surface area contributed by atoms with Gasteiger partial charge in [-0.05, 0) is 31.6 Å². The number of nitrogens with zero attached hydrogens (tertiary/aromatic N) is 2. The second kappa shape index (κ2) is 3.35. The summed E-state index contributed by atoms with van der Waals surface area (Å²) < 4.78 is 0. The van der Waals surface area contributed by atoms with Crippen LogP contribution >= 0.6 is 0 Å². The number of hydrogen-bond acceptors (Lipinski definition) is 4. The van der Waals surface area contributed by atoms with Gasteiger partial charge >= 0.3 is 0 Å². The monoisotopic (exact) mass is 247 g/mol. The molecule has 5 heteroatoms. The highest BCUT2D eigenvalue weighted by Crippen LogP contribution is 2.45. The molecule has 96 valence electrons. The second-order valence-electron chi connectivity index (χ2n) is 6.00. The van der Waals surface area contributed by atoms with Crippen molar-refractivity contribution in [2.75, 3.05) is 18.0 Å². The number of hydrogen-bond donors (Lipinski definition) is 2. The molecule has 1 aromatic rings. The highest BCUT2D eigenvalue weighted by Gasteiger charge is 2.52. The van der Waals surface area contributed by atoms with Crippen molar-refractivity contribution >= 4 is 5.82 Å². The molecule has 0 atom stereocenters. The van der Waals surface area contributed by atoms with Crippen LogP contribution in [0.4, 0.5) is 5.82 Å². The zero-order chi connectivity index (χ0) is 12.3.